The second-order valence-corrected chi connectivity index (χ2v) is 22.5. The van der Waals surface area contributed by atoms with Crippen LogP contribution in [0.1, 0.15) is 115 Å². The molecule has 0 bridgehead atoms. The first kappa shape index (κ1) is 37.2. The van der Waals surface area contributed by atoms with Crippen LogP contribution in [0.3, 0.4) is 0 Å². The maximum atomic E-state index is 2.81. The van der Waals surface area contributed by atoms with Crippen molar-refractivity contribution in [1.29, 1.82) is 0 Å². The third-order valence-electron chi connectivity index (χ3n) is 12.1. The summed E-state index contributed by atoms with van der Waals surface area (Å²) in [6.45, 7) is 26.7. The quantitative estimate of drug-likeness (QED) is 0.197. The van der Waals surface area contributed by atoms with Gasteiger partial charge in [-0.1, -0.05) is 0 Å². The van der Waals surface area contributed by atoms with Crippen LogP contribution >= 0.6 is 0 Å². The molecule has 1 unspecified atom stereocenters. The Hall–Kier alpha value is -2.57. The fraction of sp³-hybridized carbons (Fsp3) is 0.340. The molecule has 4 aromatic rings. The molecule has 4 aliphatic carbocycles. The molecule has 4 aliphatic rings. The van der Waals surface area contributed by atoms with Gasteiger partial charge in [0.1, 0.15) is 0 Å². The first-order valence-corrected chi connectivity index (χ1v) is 21.9. The summed E-state index contributed by atoms with van der Waals surface area (Å²) in [5, 5.41) is 2.72. The Morgan fingerprint density at radius 1 is 0.740 bits per heavy atom. The predicted molar refractivity (Wildman–Crippen MR) is 205 cm³/mol. The van der Waals surface area contributed by atoms with Crippen LogP contribution in [-0.4, -0.2) is 3.71 Å². The Morgan fingerprint density at radius 2 is 1.36 bits per heavy atom. The molecule has 4 aromatic carbocycles. The first-order valence-electron chi connectivity index (χ1n) is 18.0. The molecule has 0 aromatic heterocycles. The average Bonchev–Trinajstić information content (AvgIpc) is 3.66. The van der Waals surface area contributed by atoms with Gasteiger partial charge >= 0.3 is 298 Å². The second-order valence-electron chi connectivity index (χ2n) is 17.2. The summed E-state index contributed by atoms with van der Waals surface area (Å²) in [6.07, 6.45) is 6.10. The molecule has 0 fully saturated rings. The topological polar surface area (TPSA) is 0 Å². The predicted octanol–water partition coefficient (Wildman–Crippen LogP) is 6.50. The van der Waals surface area contributed by atoms with E-state index >= 15 is 0 Å². The molecule has 0 radical (unpaired) electrons. The average molecular weight is 777 g/mol. The number of allylic oxidation sites excluding steroid dienone is 8. The number of halogens is 2. The van der Waals surface area contributed by atoms with E-state index in [0.717, 1.165) is 6.42 Å². The largest absolute Gasteiger partial charge is 1.00 e. The zero-order valence-corrected chi connectivity index (χ0v) is 35.6. The molecule has 1 atom stereocenters. The molecule has 0 N–H and O–H groups in total. The fourth-order valence-corrected chi connectivity index (χ4v) is 18.8. The Labute approximate surface area is 320 Å². The van der Waals surface area contributed by atoms with E-state index in [0.29, 0.717) is 5.92 Å². The molecule has 0 amide bonds. The van der Waals surface area contributed by atoms with Crippen molar-refractivity contribution in [2.75, 3.05) is 0 Å². The van der Waals surface area contributed by atoms with E-state index in [-0.39, 0.29) is 41.1 Å². The zero-order chi connectivity index (χ0) is 34.1. The summed E-state index contributed by atoms with van der Waals surface area (Å²) in [5.41, 5.74) is 19.7. The van der Waals surface area contributed by atoms with E-state index in [2.05, 4.69) is 159 Å². The minimum atomic E-state index is -2.66. The van der Waals surface area contributed by atoms with Crippen LogP contribution in [0.5, 0.6) is 0 Å². The summed E-state index contributed by atoms with van der Waals surface area (Å²) in [5.74, 6) is 0.471. The van der Waals surface area contributed by atoms with Gasteiger partial charge in [0.2, 0.25) is 0 Å². The van der Waals surface area contributed by atoms with Gasteiger partial charge in [-0.05, 0) is 0 Å². The molecule has 0 aliphatic heterocycles. The summed E-state index contributed by atoms with van der Waals surface area (Å²) in [4.78, 5) is 0. The third kappa shape index (κ3) is 5.52. The van der Waals surface area contributed by atoms with Gasteiger partial charge in [-0.25, -0.2) is 0 Å². The van der Waals surface area contributed by atoms with Crippen molar-refractivity contribution in [2.45, 2.75) is 93.4 Å². The van der Waals surface area contributed by atoms with Crippen LogP contribution in [0, 0.1) is 11.3 Å². The minimum Gasteiger partial charge on any atom is -1.00 e. The molecular weight excluding hydrogens is 727 g/mol. The Bertz CT molecular complexity index is 2270. The van der Waals surface area contributed by atoms with E-state index in [1.165, 1.54) is 60.9 Å². The Morgan fingerprint density at radius 3 is 2.02 bits per heavy atom. The normalized spacial score (nSPS) is 19.5. The molecule has 3 heteroatoms. The van der Waals surface area contributed by atoms with Gasteiger partial charge in [0, 0.05) is 0 Å². The van der Waals surface area contributed by atoms with Gasteiger partial charge in [-0.3, -0.25) is 0 Å². The molecule has 0 heterocycles. The van der Waals surface area contributed by atoms with Crippen LogP contribution in [0.4, 0.5) is 0 Å². The van der Waals surface area contributed by atoms with Crippen LogP contribution < -0.4 is 24.8 Å². The number of benzene rings is 4. The molecule has 0 spiro atoms. The van der Waals surface area contributed by atoms with Crippen LogP contribution in [0.15, 0.2) is 96.6 Å². The molecule has 256 valence electrons. The van der Waals surface area contributed by atoms with Crippen LogP contribution in [0.25, 0.3) is 33.0 Å². The van der Waals surface area contributed by atoms with E-state index in [1.54, 1.807) is 28.8 Å². The van der Waals surface area contributed by atoms with Gasteiger partial charge in [-0.2, -0.15) is 0 Å². The smallest absolute Gasteiger partial charge is 1.00 e. The number of rotatable bonds is 3. The van der Waals surface area contributed by atoms with Crippen molar-refractivity contribution in [2.24, 2.45) is 11.3 Å². The van der Waals surface area contributed by atoms with Crippen LogP contribution in [0.2, 0.25) is 0 Å². The second kappa shape index (κ2) is 12.5. The van der Waals surface area contributed by atoms with Crippen molar-refractivity contribution in [3.05, 3.63) is 136 Å². The number of fused-ring (bicyclic) bond motifs is 6. The van der Waals surface area contributed by atoms with Crippen molar-refractivity contribution in [3.8, 4) is 11.1 Å². The van der Waals surface area contributed by atoms with Gasteiger partial charge in [-0.15, -0.1) is 0 Å². The van der Waals surface area contributed by atoms with Gasteiger partial charge in [0.15, 0.2) is 0 Å². The Balaban J connectivity index is 0.00000216. The van der Waals surface area contributed by atoms with Crippen molar-refractivity contribution < 1.29 is 46.1 Å². The van der Waals surface area contributed by atoms with E-state index < -0.39 is 21.3 Å². The summed E-state index contributed by atoms with van der Waals surface area (Å²) in [6, 6.07) is 26.2. The zero-order valence-electron chi connectivity index (χ0n) is 31.6. The molecule has 0 saturated heterocycles. The Kier molecular flexibility index (Phi) is 9.33. The fourth-order valence-electron chi connectivity index (χ4n) is 9.97. The van der Waals surface area contributed by atoms with Gasteiger partial charge in [0.25, 0.3) is 0 Å². The third-order valence-corrected chi connectivity index (χ3v) is 20.8. The summed E-state index contributed by atoms with van der Waals surface area (Å²) >= 11 is -2.66. The van der Waals surface area contributed by atoms with Crippen molar-refractivity contribution in [3.63, 3.8) is 0 Å². The molecular formula is C47H50Cl2Zr. The van der Waals surface area contributed by atoms with Gasteiger partial charge in [0.05, 0.1) is 0 Å². The molecule has 50 heavy (non-hydrogen) atoms. The first-order chi connectivity index (χ1) is 22.6. The van der Waals surface area contributed by atoms with E-state index in [9.17, 15) is 0 Å². The number of hydrogen-bond acceptors (Lipinski definition) is 0. The minimum absolute atomic E-state index is 0. The van der Waals surface area contributed by atoms with Gasteiger partial charge < -0.3 is 24.8 Å². The molecule has 0 saturated carbocycles. The summed E-state index contributed by atoms with van der Waals surface area (Å²) in [7, 11) is 0. The maximum absolute atomic E-state index is 2.81. The standard InChI is InChI=1S/C25H25.C11H8.C11H17.2ClH.Zr/c1-14-12-24(3,4)22-8-16-7-17-9-23-19(15(2)13-25(23,5)6)11-21(17)20(16)10-18(14)22;1-9-5-4-7-10-6-2-3-8-11(9)10;1-8-6-9(2)10(7-8)11(3,4)5;;;/h8-12H,7H2,1-6H3;1-8H;7-8H,1-5H3;2*1H;/q;;;;;+2/p-2. The van der Waals surface area contributed by atoms with E-state index in [4.69, 9.17) is 0 Å². The van der Waals surface area contributed by atoms with Crippen LogP contribution in [-0.2, 0) is 38.5 Å². The monoisotopic (exact) mass is 774 g/mol. The van der Waals surface area contributed by atoms with E-state index in [1.807, 2.05) is 0 Å². The number of hydrogen-bond donors (Lipinski definition) is 0. The maximum Gasteiger partial charge on any atom is -1.00 e. The SMILES string of the molecule is CC1=CC(C)(C)c2cc3c(cc21)-c1cc2c(cc1C3)C(C)(C)[C]([Zr+2](=[CH]c1cccc3ccccc13)[C]1=C(C)C(C(C)(C)C)=CC1C)=C2C.[Cl-].[Cl-]. The van der Waals surface area contributed by atoms with Crippen molar-refractivity contribution >= 4 is 25.6 Å². The molecule has 8 rings (SSSR count). The van der Waals surface area contributed by atoms with Crippen molar-refractivity contribution in [1.82, 2.24) is 0 Å². The molecule has 0 nitrogen and oxygen atoms in total. The summed E-state index contributed by atoms with van der Waals surface area (Å²) < 4.78 is 6.34.